The second kappa shape index (κ2) is 8.12. The van der Waals surface area contributed by atoms with Gasteiger partial charge in [-0.3, -0.25) is 0 Å². The Kier molecular flexibility index (Phi) is 6.81. The topological polar surface area (TPSA) is 41.5 Å². The summed E-state index contributed by atoms with van der Waals surface area (Å²) in [6.07, 6.45) is 1.09. The lowest BCUT2D eigenvalue weighted by molar-refractivity contribution is 0.102. The molecule has 108 valence electrons. The largest absolute Gasteiger partial charge is 0.488 e. The molecular formula is C15H24FNO2. The van der Waals surface area contributed by atoms with Crippen LogP contribution in [0.2, 0.25) is 0 Å². The molecule has 3 nitrogen and oxygen atoms in total. The van der Waals surface area contributed by atoms with E-state index in [0.717, 1.165) is 18.5 Å². The summed E-state index contributed by atoms with van der Waals surface area (Å²) >= 11 is 0. The molecule has 0 radical (unpaired) electrons. The number of halogens is 1. The maximum Gasteiger partial charge on any atom is 0.165 e. The standard InChI is InChI=1S/C15H24FNO2/c1-4-8-17-11(3)12-6-7-15(14(16)9-12)19-10-13(18)5-2/h6-7,9,11,13,17-18H,4-5,8,10H2,1-3H3. The smallest absolute Gasteiger partial charge is 0.165 e. The average molecular weight is 269 g/mol. The molecule has 1 rings (SSSR count). The molecule has 0 aromatic heterocycles. The van der Waals surface area contributed by atoms with Gasteiger partial charge in [0.1, 0.15) is 6.61 Å². The number of hydrogen-bond acceptors (Lipinski definition) is 3. The van der Waals surface area contributed by atoms with E-state index in [1.807, 2.05) is 19.9 Å². The zero-order valence-electron chi connectivity index (χ0n) is 11.9. The zero-order chi connectivity index (χ0) is 14.3. The highest BCUT2D eigenvalue weighted by Crippen LogP contribution is 2.22. The summed E-state index contributed by atoms with van der Waals surface area (Å²) in [6, 6.07) is 5.08. The molecule has 0 saturated heterocycles. The van der Waals surface area contributed by atoms with Crippen molar-refractivity contribution in [1.29, 1.82) is 0 Å². The van der Waals surface area contributed by atoms with E-state index in [0.29, 0.717) is 6.42 Å². The summed E-state index contributed by atoms with van der Waals surface area (Å²) in [7, 11) is 0. The van der Waals surface area contributed by atoms with Crippen LogP contribution in [0.25, 0.3) is 0 Å². The lowest BCUT2D eigenvalue weighted by atomic mass is 10.1. The third kappa shape index (κ3) is 5.17. The molecule has 1 aromatic rings. The maximum absolute atomic E-state index is 13.9. The highest BCUT2D eigenvalue weighted by atomic mass is 19.1. The van der Waals surface area contributed by atoms with Gasteiger partial charge in [-0.25, -0.2) is 4.39 Å². The SMILES string of the molecule is CCCNC(C)c1ccc(OCC(O)CC)c(F)c1. The number of benzene rings is 1. The van der Waals surface area contributed by atoms with Crippen molar-refractivity contribution >= 4 is 0 Å². The van der Waals surface area contributed by atoms with Gasteiger partial charge >= 0.3 is 0 Å². The summed E-state index contributed by atoms with van der Waals surface area (Å²) in [5.41, 5.74) is 0.898. The summed E-state index contributed by atoms with van der Waals surface area (Å²) in [5.74, 6) is -0.190. The monoisotopic (exact) mass is 269 g/mol. The van der Waals surface area contributed by atoms with Gasteiger partial charge in [0.25, 0.3) is 0 Å². The molecule has 2 unspecified atom stereocenters. The molecule has 0 aliphatic heterocycles. The van der Waals surface area contributed by atoms with E-state index in [-0.39, 0.29) is 24.2 Å². The fraction of sp³-hybridized carbons (Fsp3) is 0.600. The molecule has 0 amide bonds. The second-order valence-electron chi connectivity index (χ2n) is 4.74. The molecule has 0 heterocycles. The predicted octanol–water partition coefficient (Wildman–Crippen LogP) is 3.04. The van der Waals surface area contributed by atoms with E-state index >= 15 is 0 Å². The summed E-state index contributed by atoms with van der Waals surface area (Å²) in [6.45, 7) is 6.98. The van der Waals surface area contributed by atoms with Gasteiger partial charge in [0.2, 0.25) is 0 Å². The van der Waals surface area contributed by atoms with E-state index in [4.69, 9.17) is 4.74 Å². The summed E-state index contributed by atoms with van der Waals surface area (Å²) in [4.78, 5) is 0. The number of aliphatic hydroxyl groups excluding tert-OH is 1. The number of aliphatic hydroxyl groups is 1. The Hall–Kier alpha value is -1.13. The first-order chi connectivity index (χ1) is 9.08. The van der Waals surface area contributed by atoms with Crippen LogP contribution < -0.4 is 10.1 Å². The van der Waals surface area contributed by atoms with Crippen molar-refractivity contribution in [3.8, 4) is 5.75 Å². The summed E-state index contributed by atoms with van der Waals surface area (Å²) in [5, 5.41) is 12.7. The van der Waals surface area contributed by atoms with Gasteiger partial charge in [-0.1, -0.05) is 19.9 Å². The van der Waals surface area contributed by atoms with Crippen LogP contribution in [-0.4, -0.2) is 24.4 Å². The van der Waals surface area contributed by atoms with E-state index < -0.39 is 6.10 Å². The van der Waals surface area contributed by atoms with Gasteiger partial charge in [-0.15, -0.1) is 0 Å². The van der Waals surface area contributed by atoms with Gasteiger partial charge in [0, 0.05) is 6.04 Å². The first-order valence-corrected chi connectivity index (χ1v) is 6.92. The molecule has 0 bridgehead atoms. The van der Waals surface area contributed by atoms with Gasteiger partial charge in [0.05, 0.1) is 6.10 Å². The molecule has 2 atom stereocenters. The molecule has 4 heteroatoms. The molecule has 2 N–H and O–H groups in total. The van der Waals surface area contributed by atoms with Crippen LogP contribution in [0.3, 0.4) is 0 Å². The van der Waals surface area contributed by atoms with E-state index in [2.05, 4.69) is 12.2 Å². The molecule has 19 heavy (non-hydrogen) atoms. The molecule has 0 aliphatic carbocycles. The minimum Gasteiger partial charge on any atom is -0.488 e. The Bertz CT molecular complexity index is 384. The Labute approximate surface area is 114 Å². The highest BCUT2D eigenvalue weighted by molar-refractivity contribution is 5.30. The van der Waals surface area contributed by atoms with Crippen molar-refractivity contribution in [2.24, 2.45) is 0 Å². The van der Waals surface area contributed by atoms with Crippen LogP contribution in [-0.2, 0) is 0 Å². The minimum atomic E-state index is -0.552. The van der Waals surface area contributed by atoms with Crippen molar-refractivity contribution < 1.29 is 14.2 Å². The Morgan fingerprint density at radius 1 is 1.37 bits per heavy atom. The first-order valence-electron chi connectivity index (χ1n) is 6.92. The predicted molar refractivity (Wildman–Crippen MR) is 74.9 cm³/mol. The third-order valence-electron chi connectivity index (χ3n) is 3.06. The average Bonchev–Trinajstić information content (AvgIpc) is 2.42. The lowest BCUT2D eigenvalue weighted by Gasteiger charge is -2.15. The Morgan fingerprint density at radius 2 is 2.11 bits per heavy atom. The van der Waals surface area contributed by atoms with Crippen LogP contribution in [0.15, 0.2) is 18.2 Å². The molecule has 0 aliphatic rings. The van der Waals surface area contributed by atoms with Crippen LogP contribution >= 0.6 is 0 Å². The van der Waals surface area contributed by atoms with Crippen molar-refractivity contribution in [3.63, 3.8) is 0 Å². The number of nitrogens with one attached hydrogen (secondary N) is 1. The molecule has 0 saturated carbocycles. The molecule has 0 fully saturated rings. The third-order valence-corrected chi connectivity index (χ3v) is 3.06. The quantitative estimate of drug-likeness (QED) is 0.762. The van der Waals surface area contributed by atoms with Gasteiger partial charge in [-0.05, 0) is 44.0 Å². The van der Waals surface area contributed by atoms with Crippen LogP contribution in [0.5, 0.6) is 5.75 Å². The molecule has 0 spiro atoms. The Morgan fingerprint density at radius 3 is 2.68 bits per heavy atom. The lowest BCUT2D eigenvalue weighted by Crippen LogP contribution is -2.19. The maximum atomic E-state index is 13.9. The molecular weight excluding hydrogens is 245 g/mol. The van der Waals surface area contributed by atoms with Crippen molar-refractivity contribution in [3.05, 3.63) is 29.6 Å². The van der Waals surface area contributed by atoms with Crippen LogP contribution in [0.1, 0.15) is 45.2 Å². The van der Waals surface area contributed by atoms with Crippen molar-refractivity contribution in [2.75, 3.05) is 13.2 Å². The first kappa shape index (κ1) is 15.9. The van der Waals surface area contributed by atoms with Crippen LogP contribution in [0, 0.1) is 5.82 Å². The highest BCUT2D eigenvalue weighted by Gasteiger charge is 2.10. The van der Waals surface area contributed by atoms with Gasteiger partial charge < -0.3 is 15.2 Å². The van der Waals surface area contributed by atoms with Gasteiger partial charge in [-0.2, -0.15) is 0 Å². The fourth-order valence-electron chi connectivity index (χ4n) is 1.69. The zero-order valence-corrected chi connectivity index (χ0v) is 11.9. The number of hydrogen-bond donors (Lipinski definition) is 2. The van der Waals surface area contributed by atoms with Crippen molar-refractivity contribution in [1.82, 2.24) is 5.32 Å². The fourth-order valence-corrected chi connectivity index (χ4v) is 1.69. The summed E-state index contributed by atoms with van der Waals surface area (Å²) < 4.78 is 19.1. The van der Waals surface area contributed by atoms with E-state index in [1.165, 1.54) is 6.07 Å². The molecule has 1 aromatic carbocycles. The van der Waals surface area contributed by atoms with E-state index in [9.17, 15) is 9.50 Å². The number of ether oxygens (including phenoxy) is 1. The Balaban J connectivity index is 2.63. The number of rotatable bonds is 8. The van der Waals surface area contributed by atoms with Crippen LogP contribution in [0.4, 0.5) is 4.39 Å². The van der Waals surface area contributed by atoms with E-state index in [1.54, 1.807) is 6.07 Å². The van der Waals surface area contributed by atoms with Crippen molar-refractivity contribution in [2.45, 2.75) is 45.8 Å². The second-order valence-corrected chi connectivity index (χ2v) is 4.74. The van der Waals surface area contributed by atoms with Gasteiger partial charge in [0.15, 0.2) is 11.6 Å². The normalized spacial score (nSPS) is 14.2. The minimum absolute atomic E-state index is 0.115.